The maximum absolute atomic E-state index is 5.12. The second-order valence-corrected chi connectivity index (χ2v) is 11.8. The first-order valence-corrected chi connectivity index (χ1v) is 14.6. The summed E-state index contributed by atoms with van der Waals surface area (Å²) in [6, 6.07) is 25.2. The largest absolute Gasteiger partial charge is 0.324 e. The summed E-state index contributed by atoms with van der Waals surface area (Å²) < 4.78 is 0. The van der Waals surface area contributed by atoms with Gasteiger partial charge in [0, 0.05) is 43.8 Å². The minimum Gasteiger partial charge on any atom is -0.324 e. The molecule has 4 aromatic carbocycles. The Morgan fingerprint density at radius 1 is 0.341 bits per heavy atom. The molecular weight excluding hydrogens is 544 g/mol. The molecule has 0 aliphatic carbocycles. The van der Waals surface area contributed by atoms with Gasteiger partial charge in [0.2, 0.25) is 0 Å². The number of H-pyrrole nitrogens is 2. The summed E-state index contributed by atoms with van der Waals surface area (Å²) in [7, 11) is 0. The highest BCUT2D eigenvalue weighted by atomic mass is 15.1. The predicted octanol–water partition coefficient (Wildman–Crippen LogP) is 8.10. The Kier molecular flexibility index (Phi) is 5.00. The van der Waals surface area contributed by atoms with Gasteiger partial charge in [-0.1, -0.05) is 70.8 Å². The Bertz CT molecular complexity index is 2560. The third-order valence-corrected chi connectivity index (χ3v) is 8.45. The zero-order chi connectivity index (χ0) is 29.7. The lowest BCUT2D eigenvalue weighted by molar-refractivity contribution is 1.19. The van der Waals surface area contributed by atoms with E-state index in [0.29, 0.717) is 45.9 Å². The lowest BCUT2D eigenvalue weighted by Gasteiger charge is -1.99. The zero-order valence-corrected chi connectivity index (χ0v) is 24.6. The van der Waals surface area contributed by atoms with Crippen molar-refractivity contribution in [3.63, 3.8) is 0 Å². The van der Waals surface area contributed by atoms with Gasteiger partial charge < -0.3 is 9.97 Å². The highest BCUT2D eigenvalue weighted by molar-refractivity contribution is 6.06. The third kappa shape index (κ3) is 3.70. The third-order valence-electron chi connectivity index (χ3n) is 8.45. The molecule has 0 spiro atoms. The molecule has 2 aliphatic heterocycles. The van der Waals surface area contributed by atoms with Crippen LogP contribution in [-0.2, 0) is 0 Å². The molecule has 2 aliphatic rings. The first-order valence-electron chi connectivity index (χ1n) is 14.6. The van der Waals surface area contributed by atoms with E-state index in [1.807, 2.05) is 0 Å². The Morgan fingerprint density at radius 3 is 1.11 bits per heavy atom. The predicted molar refractivity (Wildman–Crippen MR) is 175 cm³/mol. The van der Waals surface area contributed by atoms with Crippen molar-refractivity contribution < 1.29 is 0 Å². The molecular formula is C36H26N8. The van der Waals surface area contributed by atoms with Gasteiger partial charge in [-0.25, -0.2) is 29.9 Å². The Hall–Kier alpha value is -5.76. The van der Waals surface area contributed by atoms with E-state index in [-0.39, 0.29) is 0 Å². The molecule has 210 valence electrons. The SMILES string of the molecule is Cc1ccc2c(c1)-c1nc-2nc2[nH]c(nc3nc(nc4[nH]c(n1)c1ccc(C)cc41)-c1ccc(C)cc1-3)c1cc(C)ccc21. The van der Waals surface area contributed by atoms with Crippen LogP contribution in [0.4, 0.5) is 0 Å². The summed E-state index contributed by atoms with van der Waals surface area (Å²) in [5.74, 6) is 2.43. The van der Waals surface area contributed by atoms with Crippen LogP contribution >= 0.6 is 0 Å². The van der Waals surface area contributed by atoms with Gasteiger partial charge in [0.1, 0.15) is 22.6 Å². The summed E-state index contributed by atoms with van der Waals surface area (Å²) in [6.07, 6.45) is 0. The summed E-state index contributed by atoms with van der Waals surface area (Å²) >= 11 is 0. The van der Waals surface area contributed by atoms with E-state index in [1.54, 1.807) is 0 Å². The summed E-state index contributed by atoms with van der Waals surface area (Å²) in [5, 5.41) is 3.88. The number of hydrogen-bond acceptors (Lipinski definition) is 6. The lowest BCUT2D eigenvalue weighted by atomic mass is 10.1. The Morgan fingerprint density at radius 2 is 0.682 bits per heavy atom. The number of aromatic nitrogens is 8. The van der Waals surface area contributed by atoms with E-state index >= 15 is 0 Å². The van der Waals surface area contributed by atoms with Crippen molar-refractivity contribution in [2.24, 2.45) is 0 Å². The van der Waals surface area contributed by atoms with Crippen molar-refractivity contribution in [1.82, 2.24) is 39.9 Å². The van der Waals surface area contributed by atoms with Crippen LogP contribution in [0.25, 0.3) is 89.7 Å². The molecule has 0 radical (unpaired) electrons. The van der Waals surface area contributed by atoms with Gasteiger partial charge in [0.25, 0.3) is 0 Å². The van der Waals surface area contributed by atoms with Gasteiger partial charge in [0.05, 0.1) is 0 Å². The fraction of sp³-hybridized carbons (Fsp3) is 0.111. The maximum atomic E-state index is 5.12. The maximum Gasteiger partial charge on any atom is 0.164 e. The second-order valence-electron chi connectivity index (χ2n) is 11.8. The second kappa shape index (κ2) is 8.87. The van der Waals surface area contributed by atoms with Crippen molar-refractivity contribution in [1.29, 1.82) is 0 Å². The molecule has 0 saturated carbocycles. The molecule has 0 unspecified atom stereocenters. The molecule has 8 heteroatoms. The number of aromatic amines is 2. The molecule has 0 fully saturated rings. The van der Waals surface area contributed by atoms with Crippen LogP contribution in [0.2, 0.25) is 0 Å². The van der Waals surface area contributed by atoms with Crippen molar-refractivity contribution >= 4 is 44.1 Å². The molecule has 8 nitrogen and oxygen atoms in total. The van der Waals surface area contributed by atoms with Crippen LogP contribution < -0.4 is 0 Å². The van der Waals surface area contributed by atoms with Crippen molar-refractivity contribution in [3.05, 3.63) is 95.1 Å². The number of hydrogen-bond donors (Lipinski definition) is 2. The standard InChI is InChI=1S/C36H26N8/c1-17-5-9-21-25(13-17)33-38-29(21)37-30-22-10-6-19(3)15-27(22)35(39-30)44-36-28-16-20(4)8-12-24(28)32(43-36)42-34-26-14-18(2)7-11-23(26)31(40-33)41-34/h5-16H,1-4H3,(H2,37,38,39,40,41,42,43,44). The first kappa shape index (κ1) is 24.8. The Balaban J connectivity index is 1.51. The fourth-order valence-corrected chi connectivity index (χ4v) is 6.25. The summed E-state index contributed by atoms with van der Waals surface area (Å²) in [6.45, 7) is 8.32. The highest BCUT2D eigenvalue weighted by Crippen LogP contribution is 2.37. The molecule has 44 heavy (non-hydrogen) atoms. The molecule has 0 saturated heterocycles. The fourth-order valence-electron chi connectivity index (χ4n) is 6.25. The average Bonchev–Trinajstić information content (AvgIpc) is 3.71. The van der Waals surface area contributed by atoms with E-state index in [0.717, 1.165) is 66.1 Å². The number of fused-ring (bicyclic) bond motifs is 20. The summed E-state index contributed by atoms with van der Waals surface area (Å²) in [5.41, 5.74) is 11.1. The summed E-state index contributed by atoms with van der Waals surface area (Å²) in [4.78, 5) is 37.5. The molecule has 9 rings (SSSR count). The first-order chi connectivity index (χ1) is 21.4. The number of rotatable bonds is 0. The highest BCUT2D eigenvalue weighted by Gasteiger charge is 2.22. The van der Waals surface area contributed by atoms with Crippen molar-refractivity contribution in [3.8, 4) is 45.6 Å². The van der Waals surface area contributed by atoms with E-state index in [9.17, 15) is 0 Å². The number of benzene rings is 4. The minimum absolute atomic E-state index is 0.604. The number of aryl methyl sites for hydroxylation is 4. The quantitative estimate of drug-likeness (QED) is 0.191. The monoisotopic (exact) mass is 570 g/mol. The normalized spacial score (nSPS) is 12.1. The molecule has 2 N–H and O–H groups in total. The molecule has 7 aromatic rings. The molecule has 8 bridgehead atoms. The van der Waals surface area contributed by atoms with Crippen LogP contribution in [-0.4, -0.2) is 39.9 Å². The van der Waals surface area contributed by atoms with E-state index in [2.05, 4.69) is 110 Å². The molecule has 3 aromatic heterocycles. The van der Waals surface area contributed by atoms with E-state index in [1.165, 1.54) is 0 Å². The zero-order valence-electron chi connectivity index (χ0n) is 24.6. The van der Waals surface area contributed by atoms with Gasteiger partial charge >= 0.3 is 0 Å². The molecule has 5 heterocycles. The van der Waals surface area contributed by atoms with Gasteiger partial charge in [-0.2, -0.15) is 0 Å². The van der Waals surface area contributed by atoms with Crippen LogP contribution in [0.1, 0.15) is 22.3 Å². The number of nitrogens with one attached hydrogen (secondary N) is 2. The molecule has 0 amide bonds. The van der Waals surface area contributed by atoms with Crippen molar-refractivity contribution in [2.75, 3.05) is 0 Å². The van der Waals surface area contributed by atoms with Crippen LogP contribution in [0, 0.1) is 27.7 Å². The van der Waals surface area contributed by atoms with Gasteiger partial charge in [-0.3, -0.25) is 0 Å². The van der Waals surface area contributed by atoms with E-state index < -0.39 is 0 Å². The van der Waals surface area contributed by atoms with Crippen LogP contribution in [0.5, 0.6) is 0 Å². The number of nitrogens with zero attached hydrogens (tertiary/aromatic N) is 6. The van der Waals surface area contributed by atoms with Crippen LogP contribution in [0.15, 0.2) is 72.8 Å². The van der Waals surface area contributed by atoms with Gasteiger partial charge in [-0.15, -0.1) is 0 Å². The van der Waals surface area contributed by atoms with Crippen LogP contribution in [0.3, 0.4) is 0 Å². The Labute approximate surface area is 252 Å². The molecule has 0 atom stereocenters. The van der Waals surface area contributed by atoms with E-state index in [4.69, 9.17) is 29.9 Å². The van der Waals surface area contributed by atoms with Crippen molar-refractivity contribution in [2.45, 2.75) is 27.7 Å². The van der Waals surface area contributed by atoms with Gasteiger partial charge in [-0.05, 0) is 52.0 Å². The topological polar surface area (TPSA) is 109 Å². The smallest absolute Gasteiger partial charge is 0.164 e. The lowest BCUT2D eigenvalue weighted by Crippen LogP contribution is -1.84. The average molecular weight is 571 g/mol. The minimum atomic E-state index is 0.604. The van der Waals surface area contributed by atoms with Gasteiger partial charge in [0.15, 0.2) is 23.3 Å².